The number of nitrogens with one attached hydrogen (secondary N) is 1. The van der Waals surface area contributed by atoms with Crippen LogP contribution in [0.15, 0.2) is 60.0 Å². The quantitative estimate of drug-likeness (QED) is 0.538. The van der Waals surface area contributed by atoms with Crippen LogP contribution in [0.3, 0.4) is 0 Å². The van der Waals surface area contributed by atoms with Crippen LogP contribution in [0.25, 0.3) is 11.1 Å². The molecular weight excluding hydrogens is 392 g/mol. The van der Waals surface area contributed by atoms with Gasteiger partial charge in [0.1, 0.15) is 10.8 Å². The fourth-order valence-corrected chi connectivity index (χ4v) is 3.34. The van der Waals surface area contributed by atoms with Crippen LogP contribution in [0.5, 0.6) is 5.75 Å². The molecule has 0 saturated carbocycles. The van der Waals surface area contributed by atoms with Crippen molar-refractivity contribution in [1.82, 2.24) is 0 Å². The molecule has 1 atom stereocenters. The molecule has 2 aromatic carbocycles. The summed E-state index contributed by atoms with van der Waals surface area (Å²) in [5.41, 5.74) is 7.49. The lowest BCUT2D eigenvalue weighted by atomic mass is 10.0. The Balaban J connectivity index is 1.63. The van der Waals surface area contributed by atoms with E-state index in [0.29, 0.717) is 10.6 Å². The highest BCUT2D eigenvalue weighted by molar-refractivity contribution is 7.14. The van der Waals surface area contributed by atoms with Crippen molar-refractivity contribution >= 4 is 34.1 Å². The average Bonchev–Trinajstić information content (AvgIpc) is 3.17. The van der Waals surface area contributed by atoms with E-state index in [4.69, 9.17) is 10.5 Å². The van der Waals surface area contributed by atoms with Crippen LogP contribution in [0.2, 0.25) is 0 Å². The van der Waals surface area contributed by atoms with Gasteiger partial charge in [0.25, 0.3) is 11.8 Å². The van der Waals surface area contributed by atoms with Gasteiger partial charge in [0.05, 0.1) is 11.1 Å². The number of nitrogens with two attached hydrogens (primary N) is 1. The number of ether oxygens (including phenoxy) is 1. The SMILES string of the molecule is C[C@@H](OC(=O)c1ccc(-c2ccc(O)cc2)cc1)C(=O)Nc1sccc1C(N)=O. The first-order chi connectivity index (χ1) is 13.8. The summed E-state index contributed by atoms with van der Waals surface area (Å²) in [7, 11) is 0. The number of carbonyl (C=O) groups excluding carboxylic acids is 3. The third-order valence-electron chi connectivity index (χ3n) is 4.14. The fourth-order valence-electron chi connectivity index (χ4n) is 2.55. The minimum atomic E-state index is -1.07. The zero-order valence-corrected chi connectivity index (χ0v) is 16.2. The van der Waals surface area contributed by atoms with E-state index in [1.54, 1.807) is 53.9 Å². The number of esters is 1. The number of phenols is 1. The normalized spacial score (nSPS) is 11.5. The second kappa shape index (κ2) is 8.57. The number of hydrogen-bond acceptors (Lipinski definition) is 6. The van der Waals surface area contributed by atoms with Gasteiger partial charge in [-0.1, -0.05) is 24.3 Å². The van der Waals surface area contributed by atoms with Crippen molar-refractivity contribution in [1.29, 1.82) is 0 Å². The molecule has 0 aliphatic rings. The van der Waals surface area contributed by atoms with E-state index in [1.807, 2.05) is 0 Å². The molecule has 0 radical (unpaired) electrons. The number of thiophene rings is 1. The van der Waals surface area contributed by atoms with Crippen LogP contribution in [0.4, 0.5) is 5.00 Å². The van der Waals surface area contributed by atoms with Gasteiger partial charge in [-0.3, -0.25) is 9.59 Å². The lowest BCUT2D eigenvalue weighted by Gasteiger charge is -2.13. The van der Waals surface area contributed by atoms with Crippen molar-refractivity contribution < 1.29 is 24.2 Å². The van der Waals surface area contributed by atoms with Crippen LogP contribution in [0, 0.1) is 0 Å². The van der Waals surface area contributed by atoms with Crippen molar-refractivity contribution in [2.24, 2.45) is 5.73 Å². The second-order valence-electron chi connectivity index (χ2n) is 6.19. The minimum Gasteiger partial charge on any atom is -0.508 e. The summed E-state index contributed by atoms with van der Waals surface area (Å²) in [5, 5.41) is 13.8. The zero-order valence-electron chi connectivity index (χ0n) is 15.4. The van der Waals surface area contributed by atoms with Crippen molar-refractivity contribution in [3.8, 4) is 16.9 Å². The molecule has 0 spiro atoms. The van der Waals surface area contributed by atoms with Crippen LogP contribution in [-0.2, 0) is 9.53 Å². The number of phenolic OH excluding ortho intramolecular Hbond substituents is 1. The topological polar surface area (TPSA) is 119 Å². The molecule has 0 aliphatic carbocycles. The van der Waals surface area contributed by atoms with Crippen LogP contribution in [0.1, 0.15) is 27.6 Å². The molecule has 1 aromatic heterocycles. The van der Waals surface area contributed by atoms with Crippen LogP contribution >= 0.6 is 11.3 Å². The molecule has 8 heteroatoms. The van der Waals surface area contributed by atoms with Gasteiger partial charge in [0.2, 0.25) is 0 Å². The van der Waals surface area contributed by atoms with Crippen LogP contribution in [-0.4, -0.2) is 29.0 Å². The first kappa shape index (κ1) is 20.1. The zero-order chi connectivity index (χ0) is 21.0. The smallest absolute Gasteiger partial charge is 0.338 e. The monoisotopic (exact) mass is 410 g/mol. The minimum absolute atomic E-state index is 0.173. The summed E-state index contributed by atoms with van der Waals surface area (Å²) in [6.45, 7) is 1.44. The predicted molar refractivity (Wildman–Crippen MR) is 110 cm³/mol. The van der Waals surface area contributed by atoms with E-state index in [-0.39, 0.29) is 11.3 Å². The Kier molecular flexibility index (Phi) is 5.94. The number of primary amides is 1. The van der Waals surface area contributed by atoms with Crippen molar-refractivity contribution in [2.75, 3.05) is 5.32 Å². The summed E-state index contributed by atoms with van der Waals surface area (Å²) >= 11 is 1.15. The molecule has 2 amide bonds. The number of aromatic hydroxyl groups is 1. The number of benzene rings is 2. The molecule has 3 rings (SSSR count). The summed E-state index contributed by atoms with van der Waals surface area (Å²) in [6, 6.07) is 14.9. The fraction of sp³-hybridized carbons (Fsp3) is 0.0952. The van der Waals surface area contributed by atoms with Gasteiger partial charge in [-0.25, -0.2) is 4.79 Å². The lowest BCUT2D eigenvalue weighted by molar-refractivity contribution is -0.123. The van der Waals surface area contributed by atoms with E-state index in [9.17, 15) is 19.5 Å². The molecule has 29 heavy (non-hydrogen) atoms. The Morgan fingerprint density at radius 2 is 1.59 bits per heavy atom. The van der Waals surface area contributed by atoms with Crippen molar-refractivity contribution in [3.05, 3.63) is 71.1 Å². The Bertz CT molecular complexity index is 1040. The second-order valence-corrected chi connectivity index (χ2v) is 7.10. The third-order valence-corrected chi connectivity index (χ3v) is 4.97. The molecule has 0 aliphatic heterocycles. The first-order valence-electron chi connectivity index (χ1n) is 8.64. The van der Waals surface area contributed by atoms with Crippen molar-refractivity contribution in [3.63, 3.8) is 0 Å². The highest BCUT2D eigenvalue weighted by Gasteiger charge is 2.21. The predicted octanol–water partition coefficient (Wildman–Crippen LogP) is 3.40. The van der Waals surface area contributed by atoms with E-state index >= 15 is 0 Å². The molecule has 0 unspecified atom stereocenters. The molecule has 1 heterocycles. The van der Waals surface area contributed by atoms with Gasteiger partial charge in [-0.2, -0.15) is 0 Å². The maximum absolute atomic E-state index is 12.3. The van der Waals surface area contributed by atoms with Gasteiger partial charge in [-0.15, -0.1) is 11.3 Å². The molecule has 148 valence electrons. The number of anilines is 1. The van der Waals surface area contributed by atoms with Gasteiger partial charge in [-0.05, 0) is 53.8 Å². The summed E-state index contributed by atoms with van der Waals surface area (Å²) < 4.78 is 5.21. The van der Waals surface area contributed by atoms with Gasteiger partial charge in [0, 0.05) is 0 Å². The molecular formula is C21H18N2O5S. The highest BCUT2D eigenvalue weighted by Crippen LogP contribution is 2.24. The Labute approximate surface area is 170 Å². The van der Waals surface area contributed by atoms with Gasteiger partial charge in [0.15, 0.2) is 6.10 Å². The van der Waals surface area contributed by atoms with E-state index in [2.05, 4.69) is 5.32 Å². The van der Waals surface area contributed by atoms with Gasteiger partial charge >= 0.3 is 5.97 Å². The lowest BCUT2D eigenvalue weighted by Crippen LogP contribution is -2.30. The Morgan fingerprint density at radius 3 is 2.17 bits per heavy atom. The Morgan fingerprint density at radius 1 is 1.00 bits per heavy atom. The van der Waals surface area contributed by atoms with Crippen molar-refractivity contribution in [2.45, 2.75) is 13.0 Å². The molecule has 3 aromatic rings. The first-order valence-corrected chi connectivity index (χ1v) is 9.51. The molecule has 4 N–H and O–H groups in total. The van der Waals surface area contributed by atoms with Crippen LogP contribution < -0.4 is 11.1 Å². The number of amides is 2. The molecule has 7 nitrogen and oxygen atoms in total. The molecule has 0 bridgehead atoms. The molecule has 0 fully saturated rings. The van der Waals surface area contributed by atoms with Gasteiger partial charge < -0.3 is 20.9 Å². The summed E-state index contributed by atoms with van der Waals surface area (Å²) in [6.07, 6.45) is -1.07. The number of hydrogen-bond donors (Lipinski definition) is 3. The maximum Gasteiger partial charge on any atom is 0.338 e. The molecule has 0 saturated heterocycles. The Hall–Kier alpha value is -3.65. The van der Waals surface area contributed by atoms with E-state index in [0.717, 1.165) is 22.5 Å². The maximum atomic E-state index is 12.3. The summed E-state index contributed by atoms with van der Waals surface area (Å²) in [5.74, 6) is -1.69. The highest BCUT2D eigenvalue weighted by atomic mass is 32.1. The standard InChI is InChI=1S/C21H18N2O5S/c1-12(19(26)23-20-17(18(22)25)10-11-29-20)28-21(27)15-4-2-13(3-5-15)14-6-8-16(24)9-7-14/h2-12,24H,1H3,(H2,22,25)(H,23,26)/t12-/m1/s1. The number of rotatable bonds is 6. The largest absolute Gasteiger partial charge is 0.508 e. The van der Waals surface area contributed by atoms with E-state index in [1.165, 1.54) is 13.0 Å². The number of carbonyl (C=O) groups is 3. The average molecular weight is 410 g/mol. The summed E-state index contributed by atoms with van der Waals surface area (Å²) in [4.78, 5) is 35.9. The van der Waals surface area contributed by atoms with E-state index < -0.39 is 23.9 Å². The third kappa shape index (κ3) is 4.80.